The molecule has 0 aromatic heterocycles. The second kappa shape index (κ2) is 6.39. The SMILES string of the molecule is Cc1ccc(O)c(C(=O)NCCCS(C)=O)c1. The number of rotatable bonds is 5. The molecule has 0 aliphatic carbocycles. The molecule has 1 rings (SSSR count). The van der Waals surface area contributed by atoms with E-state index in [1.54, 1.807) is 18.4 Å². The summed E-state index contributed by atoms with van der Waals surface area (Å²) < 4.78 is 10.8. The van der Waals surface area contributed by atoms with Crippen LogP contribution in [0, 0.1) is 6.92 Å². The average Bonchev–Trinajstić information content (AvgIpc) is 2.27. The zero-order chi connectivity index (χ0) is 12.8. The monoisotopic (exact) mass is 255 g/mol. The minimum atomic E-state index is -0.834. The second-order valence-electron chi connectivity index (χ2n) is 3.91. The molecule has 1 unspecified atom stereocenters. The topological polar surface area (TPSA) is 66.4 Å². The van der Waals surface area contributed by atoms with Crippen LogP contribution in [0.5, 0.6) is 5.75 Å². The summed E-state index contributed by atoms with van der Waals surface area (Å²) in [5.41, 5.74) is 1.20. The van der Waals surface area contributed by atoms with Crippen molar-refractivity contribution in [1.29, 1.82) is 0 Å². The van der Waals surface area contributed by atoms with Gasteiger partial charge in [-0.05, 0) is 25.5 Å². The van der Waals surface area contributed by atoms with Crippen LogP contribution in [0.4, 0.5) is 0 Å². The molecule has 17 heavy (non-hydrogen) atoms. The van der Waals surface area contributed by atoms with E-state index in [1.165, 1.54) is 6.07 Å². The summed E-state index contributed by atoms with van der Waals surface area (Å²) in [4.78, 5) is 11.7. The Morgan fingerprint density at radius 1 is 1.47 bits per heavy atom. The summed E-state index contributed by atoms with van der Waals surface area (Å²) in [6.45, 7) is 2.32. The molecule has 0 aliphatic heterocycles. The Labute approximate surface area is 104 Å². The third-order valence-corrected chi connectivity index (χ3v) is 3.15. The molecule has 0 saturated carbocycles. The van der Waals surface area contributed by atoms with Crippen molar-refractivity contribution < 1.29 is 14.1 Å². The molecule has 94 valence electrons. The number of carbonyl (C=O) groups is 1. The van der Waals surface area contributed by atoms with E-state index in [2.05, 4.69) is 5.32 Å². The Hall–Kier alpha value is -1.36. The minimum absolute atomic E-state index is 0.0211. The first kappa shape index (κ1) is 13.7. The summed E-state index contributed by atoms with van der Waals surface area (Å²) >= 11 is 0. The van der Waals surface area contributed by atoms with Gasteiger partial charge >= 0.3 is 0 Å². The van der Waals surface area contributed by atoms with Gasteiger partial charge in [0.15, 0.2) is 0 Å². The molecule has 1 atom stereocenters. The predicted molar refractivity (Wildman–Crippen MR) is 68.7 cm³/mol. The molecule has 0 fully saturated rings. The van der Waals surface area contributed by atoms with Crippen molar-refractivity contribution in [3.8, 4) is 5.75 Å². The molecule has 0 heterocycles. The minimum Gasteiger partial charge on any atom is -0.507 e. The lowest BCUT2D eigenvalue weighted by Crippen LogP contribution is -2.25. The number of benzene rings is 1. The third-order valence-electron chi connectivity index (χ3n) is 2.29. The van der Waals surface area contributed by atoms with Gasteiger partial charge in [0, 0.05) is 29.4 Å². The standard InChI is InChI=1S/C12H17NO3S/c1-9-4-5-11(14)10(8-9)12(15)13-6-3-7-17(2)16/h4-5,8,14H,3,6-7H2,1-2H3,(H,13,15). The van der Waals surface area contributed by atoms with Crippen LogP contribution in [0.15, 0.2) is 18.2 Å². The normalized spacial score (nSPS) is 12.1. The smallest absolute Gasteiger partial charge is 0.255 e. The van der Waals surface area contributed by atoms with E-state index < -0.39 is 10.8 Å². The molecular weight excluding hydrogens is 238 g/mol. The Balaban J connectivity index is 2.52. The van der Waals surface area contributed by atoms with E-state index in [-0.39, 0.29) is 17.2 Å². The van der Waals surface area contributed by atoms with E-state index in [1.807, 2.05) is 6.92 Å². The van der Waals surface area contributed by atoms with Crippen LogP contribution in [-0.4, -0.2) is 33.8 Å². The third kappa shape index (κ3) is 4.56. The molecule has 1 amide bonds. The molecule has 0 saturated heterocycles. The van der Waals surface area contributed by atoms with Gasteiger partial charge in [-0.1, -0.05) is 11.6 Å². The second-order valence-corrected chi connectivity index (χ2v) is 5.46. The highest BCUT2D eigenvalue weighted by atomic mass is 32.2. The van der Waals surface area contributed by atoms with Crippen LogP contribution in [0.1, 0.15) is 22.3 Å². The van der Waals surface area contributed by atoms with Crippen molar-refractivity contribution in [2.75, 3.05) is 18.6 Å². The number of hydrogen-bond acceptors (Lipinski definition) is 3. The molecular formula is C12H17NO3S. The van der Waals surface area contributed by atoms with E-state index in [9.17, 15) is 14.1 Å². The zero-order valence-corrected chi connectivity index (χ0v) is 10.8. The van der Waals surface area contributed by atoms with Crippen LogP contribution >= 0.6 is 0 Å². The average molecular weight is 255 g/mol. The lowest BCUT2D eigenvalue weighted by atomic mass is 10.1. The Morgan fingerprint density at radius 3 is 2.82 bits per heavy atom. The Morgan fingerprint density at radius 2 is 2.18 bits per heavy atom. The van der Waals surface area contributed by atoms with Crippen molar-refractivity contribution in [2.24, 2.45) is 0 Å². The van der Waals surface area contributed by atoms with Gasteiger partial charge in [-0.2, -0.15) is 0 Å². The summed E-state index contributed by atoms with van der Waals surface area (Å²) in [6, 6.07) is 4.89. The summed E-state index contributed by atoms with van der Waals surface area (Å²) in [5.74, 6) is 0.250. The largest absolute Gasteiger partial charge is 0.507 e. The van der Waals surface area contributed by atoms with Crippen LogP contribution < -0.4 is 5.32 Å². The molecule has 1 aromatic carbocycles. The quantitative estimate of drug-likeness (QED) is 0.777. The van der Waals surface area contributed by atoms with Crippen LogP contribution in [0.3, 0.4) is 0 Å². The van der Waals surface area contributed by atoms with Gasteiger partial charge in [0.05, 0.1) is 5.56 Å². The molecule has 0 bridgehead atoms. The first-order valence-corrected chi connectivity index (χ1v) is 7.11. The summed E-state index contributed by atoms with van der Waals surface area (Å²) in [6.07, 6.45) is 2.30. The Bertz CT molecular complexity index is 432. The van der Waals surface area contributed by atoms with E-state index in [0.29, 0.717) is 18.7 Å². The number of carbonyl (C=O) groups excluding carboxylic acids is 1. The maximum absolute atomic E-state index is 11.7. The molecule has 1 aromatic rings. The first-order chi connectivity index (χ1) is 8.00. The fourth-order valence-corrected chi connectivity index (χ4v) is 1.96. The lowest BCUT2D eigenvalue weighted by molar-refractivity contribution is 0.0951. The molecule has 4 nitrogen and oxygen atoms in total. The van der Waals surface area contributed by atoms with Crippen LogP contribution in [-0.2, 0) is 10.8 Å². The fourth-order valence-electron chi connectivity index (χ4n) is 1.40. The number of amides is 1. The van der Waals surface area contributed by atoms with E-state index in [0.717, 1.165) is 5.56 Å². The highest BCUT2D eigenvalue weighted by Gasteiger charge is 2.10. The number of aryl methyl sites for hydroxylation is 1. The fraction of sp³-hybridized carbons (Fsp3) is 0.417. The van der Waals surface area contributed by atoms with Crippen molar-refractivity contribution in [2.45, 2.75) is 13.3 Å². The van der Waals surface area contributed by atoms with Gasteiger partial charge in [-0.25, -0.2) is 0 Å². The molecule has 2 N–H and O–H groups in total. The van der Waals surface area contributed by atoms with Gasteiger partial charge in [0.25, 0.3) is 5.91 Å². The molecule has 0 spiro atoms. The van der Waals surface area contributed by atoms with Crippen molar-refractivity contribution in [3.63, 3.8) is 0 Å². The first-order valence-electron chi connectivity index (χ1n) is 5.38. The van der Waals surface area contributed by atoms with Gasteiger partial charge in [0.2, 0.25) is 0 Å². The van der Waals surface area contributed by atoms with Gasteiger partial charge in [0.1, 0.15) is 5.75 Å². The Kier molecular flexibility index (Phi) is 5.15. The van der Waals surface area contributed by atoms with Crippen LogP contribution in [0.25, 0.3) is 0 Å². The van der Waals surface area contributed by atoms with E-state index >= 15 is 0 Å². The van der Waals surface area contributed by atoms with Gasteiger partial charge < -0.3 is 10.4 Å². The zero-order valence-electron chi connectivity index (χ0n) is 10.0. The van der Waals surface area contributed by atoms with Crippen LogP contribution in [0.2, 0.25) is 0 Å². The number of aromatic hydroxyl groups is 1. The highest BCUT2D eigenvalue weighted by molar-refractivity contribution is 7.84. The maximum Gasteiger partial charge on any atom is 0.255 e. The van der Waals surface area contributed by atoms with Crippen molar-refractivity contribution in [1.82, 2.24) is 5.32 Å². The number of phenols is 1. The van der Waals surface area contributed by atoms with Crippen molar-refractivity contribution >= 4 is 16.7 Å². The van der Waals surface area contributed by atoms with Crippen molar-refractivity contribution in [3.05, 3.63) is 29.3 Å². The highest BCUT2D eigenvalue weighted by Crippen LogP contribution is 2.17. The number of phenolic OH excluding ortho intramolecular Hbond substituents is 1. The summed E-state index contributed by atoms with van der Waals surface area (Å²) in [5, 5.41) is 12.2. The predicted octanol–water partition coefficient (Wildman–Crippen LogP) is 1.20. The maximum atomic E-state index is 11.7. The number of nitrogens with one attached hydrogen (secondary N) is 1. The molecule has 0 aliphatic rings. The van der Waals surface area contributed by atoms with E-state index in [4.69, 9.17) is 0 Å². The number of hydrogen-bond donors (Lipinski definition) is 2. The summed E-state index contributed by atoms with van der Waals surface area (Å²) in [7, 11) is -0.834. The lowest BCUT2D eigenvalue weighted by Gasteiger charge is -2.07. The van der Waals surface area contributed by atoms with Gasteiger partial charge in [-0.15, -0.1) is 0 Å². The van der Waals surface area contributed by atoms with Gasteiger partial charge in [-0.3, -0.25) is 9.00 Å². The molecule has 5 heteroatoms. The molecule has 0 radical (unpaired) electrons.